The van der Waals surface area contributed by atoms with Crippen LogP contribution in [0, 0.1) is 0 Å². The molecular formula is C62H61N3O. The first-order valence-electron chi connectivity index (χ1n) is 23.4. The lowest BCUT2D eigenvalue weighted by molar-refractivity contribution is 0.446. The van der Waals surface area contributed by atoms with Crippen LogP contribution in [0.15, 0.2) is 170 Å². The number of pyridine rings is 1. The first-order chi connectivity index (χ1) is 31.6. The molecule has 0 bridgehead atoms. The van der Waals surface area contributed by atoms with Crippen LogP contribution >= 0.6 is 0 Å². The highest BCUT2D eigenvalue weighted by Gasteiger charge is 2.30. The van der Waals surface area contributed by atoms with Gasteiger partial charge in [-0.15, -0.1) is 0 Å². The molecule has 7 aromatic carbocycles. The minimum atomic E-state index is -0.316. The number of benzene rings is 7. The molecule has 0 saturated heterocycles. The number of aromatic nitrogens is 3. The molecule has 2 heterocycles. The van der Waals surface area contributed by atoms with Gasteiger partial charge in [0.25, 0.3) is 0 Å². The van der Waals surface area contributed by atoms with E-state index >= 15 is 0 Å². The van der Waals surface area contributed by atoms with Crippen LogP contribution in [0.3, 0.4) is 0 Å². The van der Waals surface area contributed by atoms with Crippen LogP contribution in [0.2, 0.25) is 0 Å². The second-order valence-corrected chi connectivity index (χ2v) is 20.5. The van der Waals surface area contributed by atoms with Gasteiger partial charge in [-0.25, -0.2) is 4.98 Å². The number of phenols is 1. The van der Waals surface area contributed by atoms with Gasteiger partial charge in [-0.2, -0.15) is 0 Å². The maximum absolute atomic E-state index is 12.6. The van der Waals surface area contributed by atoms with E-state index in [9.17, 15) is 5.11 Å². The van der Waals surface area contributed by atoms with Crippen LogP contribution < -0.4 is 0 Å². The Morgan fingerprint density at radius 1 is 0.470 bits per heavy atom. The molecule has 4 nitrogen and oxygen atoms in total. The van der Waals surface area contributed by atoms with Crippen LogP contribution in [-0.2, 0) is 10.8 Å². The quantitative estimate of drug-likeness (QED) is 0.157. The van der Waals surface area contributed by atoms with Crippen LogP contribution in [0.1, 0.15) is 103 Å². The van der Waals surface area contributed by atoms with Gasteiger partial charge < -0.3 is 5.11 Å². The Kier molecular flexibility index (Phi) is 11.6. The molecule has 9 rings (SSSR count). The van der Waals surface area contributed by atoms with E-state index in [2.05, 4.69) is 238 Å². The van der Waals surface area contributed by atoms with Crippen LogP contribution in [0.4, 0.5) is 0 Å². The van der Waals surface area contributed by atoms with Crippen molar-refractivity contribution in [1.29, 1.82) is 0 Å². The molecule has 2 aromatic heterocycles. The maximum Gasteiger partial charge on any atom is 0.149 e. The molecule has 0 aliphatic rings. The minimum absolute atomic E-state index is 0.175. The van der Waals surface area contributed by atoms with Crippen LogP contribution in [0.25, 0.3) is 83.9 Å². The number of rotatable bonds is 9. The Morgan fingerprint density at radius 3 is 1.61 bits per heavy atom. The summed E-state index contributed by atoms with van der Waals surface area (Å²) in [5.41, 5.74) is 18.5. The van der Waals surface area contributed by atoms with Crippen molar-refractivity contribution in [2.24, 2.45) is 0 Å². The molecule has 4 heteroatoms. The molecular weight excluding hydrogens is 803 g/mol. The fraction of sp³-hybridized carbons (Fsp3) is 0.226. The molecule has 66 heavy (non-hydrogen) atoms. The van der Waals surface area contributed by atoms with Gasteiger partial charge >= 0.3 is 0 Å². The zero-order valence-electron chi connectivity index (χ0n) is 40.1. The number of para-hydroxylation sites is 2. The van der Waals surface area contributed by atoms with E-state index in [4.69, 9.17) is 9.97 Å². The van der Waals surface area contributed by atoms with E-state index in [1.165, 1.54) is 22.3 Å². The van der Waals surface area contributed by atoms with Crippen LogP contribution in [-0.4, -0.2) is 19.6 Å². The lowest BCUT2D eigenvalue weighted by Crippen LogP contribution is -2.17. The van der Waals surface area contributed by atoms with Crippen molar-refractivity contribution >= 4 is 11.0 Å². The average molecular weight is 864 g/mol. The summed E-state index contributed by atoms with van der Waals surface area (Å²) in [6.45, 7) is 22.3. The Labute approximate surface area is 391 Å². The molecule has 0 spiro atoms. The third-order valence-corrected chi connectivity index (χ3v) is 13.0. The van der Waals surface area contributed by atoms with Gasteiger partial charge in [0, 0.05) is 22.9 Å². The Bertz CT molecular complexity index is 3170. The Hall–Kier alpha value is -7.04. The second-order valence-electron chi connectivity index (χ2n) is 20.5. The van der Waals surface area contributed by atoms with Crippen molar-refractivity contribution < 1.29 is 5.11 Å². The van der Waals surface area contributed by atoms with Crippen molar-refractivity contribution in [2.75, 3.05) is 0 Å². The molecule has 0 atom stereocenters. The largest absolute Gasteiger partial charge is 0.507 e. The molecule has 0 unspecified atom stereocenters. The van der Waals surface area contributed by atoms with Crippen molar-refractivity contribution in [3.63, 3.8) is 0 Å². The highest BCUT2D eigenvalue weighted by atomic mass is 16.3. The fourth-order valence-corrected chi connectivity index (χ4v) is 9.30. The molecule has 0 aliphatic carbocycles. The summed E-state index contributed by atoms with van der Waals surface area (Å²) in [4.78, 5) is 10.7. The number of phenolic OH excluding ortho intramolecular Hbond substituents is 1. The zero-order chi connectivity index (χ0) is 46.5. The predicted molar refractivity (Wildman–Crippen MR) is 279 cm³/mol. The highest BCUT2D eigenvalue weighted by Crippen LogP contribution is 2.46. The lowest BCUT2D eigenvalue weighted by Gasteiger charge is -2.28. The third kappa shape index (κ3) is 8.49. The molecule has 1 N–H and O–H groups in total. The molecule has 0 fully saturated rings. The molecule has 330 valence electrons. The Morgan fingerprint density at radius 2 is 1.02 bits per heavy atom. The van der Waals surface area contributed by atoms with E-state index in [0.717, 1.165) is 83.9 Å². The van der Waals surface area contributed by atoms with Crippen molar-refractivity contribution in [3.05, 3.63) is 192 Å². The number of hydrogen-bond donors (Lipinski definition) is 1. The summed E-state index contributed by atoms with van der Waals surface area (Å²) in [6, 6.07) is 58.6. The number of aromatic hydroxyl groups is 1. The number of imidazole rings is 1. The highest BCUT2D eigenvalue weighted by molar-refractivity contribution is 5.98. The molecule has 9 aromatic rings. The van der Waals surface area contributed by atoms with E-state index in [1.54, 1.807) is 0 Å². The van der Waals surface area contributed by atoms with Crippen molar-refractivity contribution in [3.8, 4) is 78.6 Å². The molecule has 0 aliphatic heterocycles. The smallest absolute Gasteiger partial charge is 0.149 e. The first-order valence-corrected chi connectivity index (χ1v) is 23.4. The third-order valence-electron chi connectivity index (χ3n) is 13.0. The lowest BCUT2D eigenvalue weighted by atomic mass is 9.79. The summed E-state index contributed by atoms with van der Waals surface area (Å²) in [6.07, 6.45) is 1.91. The second kappa shape index (κ2) is 17.4. The molecule has 0 saturated carbocycles. The van der Waals surface area contributed by atoms with Crippen molar-refractivity contribution in [1.82, 2.24) is 14.5 Å². The van der Waals surface area contributed by atoms with Gasteiger partial charge in [0.15, 0.2) is 0 Å². The maximum atomic E-state index is 12.6. The number of hydrogen-bond acceptors (Lipinski definition) is 3. The molecule has 0 radical (unpaired) electrons. The van der Waals surface area contributed by atoms with Gasteiger partial charge in [0.2, 0.25) is 0 Å². The van der Waals surface area contributed by atoms with Gasteiger partial charge in [0.1, 0.15) is 11.6 Å². The average Bonchev–Trinajstić information content (AvgIpc) is 3.70. The van der Waals surface area contributed by atoms with Gasteiger partial charge in [-0.3, -0.25) is 9.55 Å². The first kappa shape index (κ1) is 44.2. The fourth-order valence-electron chi connectivity index (χ4n) is 9.30. The van der Waals surface area contributed by atoms with E-state index in [1.807, 2.05) is 6.20 Å². The van der Waals surface area contributed by atoms with Crippen molar-refractivity contribution in [2.45, 2.75) is 91.9 Å². The zero-order valence-corrected chi connectivity index (χ0v) is 40.1. The molecule has 0 amide bonds. The van der Waals surface area contributed by atoms with Gasteiger partial charge in [0.05, 0.1) is 28.0 Å². The summed E-state index contributed by atoms with van der Waals surface area (Å²) in [5, 5.41) is 12.6. The van der Waals surface area contributed by atoms with Gasteiger partial charge in [-0.05, 0) is 121 Å². The van der Waals surface area contributed by atoms with Gasteiger partial charge in [-0.1, -0.05) is 191 Å². The Balaban J connectivity index is 1.35. The van der Waals surface area contributed by atoms with E-state index in [0.29, 0.717) is 0 Å². The standard InChI is InChI=1S/C62H61N3O/c1-39(2)50-23-17-24-51(40(3)4)58(50)65-56-26-18-25-52(57(56)64-60(65)53-37-49(61(5,6)7)38-54(59(53)66)62(8,9)10)47-33-46(44-29-27-43(28-30-44)41-19-13-11-14-20-41)34-48(35-47)55-36-45(31-32-63-55)42-21-15-12-16-22-42/h11-40,66H,1-10H3. The minimum Gasteiger partial charge on any atom is -0.507 e. The monoisotopic (exact) mass is 863 g/mol. The summed E-state index contributed by atoms with van der Waals surface area (Å²) >= 11 is 0. The number of fused-ring (bicyclic) bond motifs is 1. The van der Waals surface area contributed by atoms with E-state index in [-0.39, 0.29) is 28.4 Å². The summed E-state index contributed by atoms with van der Waals surface area (Å²) < 4.78 is 2.36. The number of nitrogens with zero attached hydrogens (tertiary/aromatic N) is 3. The van der Waals surface area contributed by atoms with E-state index < -0.39 is 0 Å². The topological polar surface area (TPSA) is 50.9 Å². The normalized spacial score (nSPS) is 12.1. The summed E-state index contributed by atoms with van der Waals surface area (Å²) in [7, 11) is 0. The van der Waals surface area contributed by atoms with Crippen LogP contribution in [0.5, 0.6) is 5.75 Å². The summed E-state index contributed by atoms with van der Waals surface area (Å²) in [5.74, 6) is 1.47. The SMILES string of the molecule is CC(C)c1cccc(C(C)C)c1-n1c(-c2cc(C(C)(C)C)cc(C(C)(C)C)c2O)nc2c(-c3cc(-c4ccc(-c5ccccc5)cc4)cc(-c4cc(-c5ccccc5)ccn4)c3)cccc21. The predicted octanol–water partition coefficient (Wildman–Crippen LogP) is 17.0.